The van der Waals surface area contributed by atoms with E-state index in [9.17, 15) is 0 Å². The molecular formula is C54H62N2O14. The van der Waals surface area contributed by atoms with Crippen molar-refractivity contribution in [3.05, 3.63) is 107 Å². The smallest absolute Gasteiger partial charge is 0.316 e. The van der Waals surface area contributed by atoms with Gasteiger partial charge in [0.2, 0.25) is 11.5 Å². The molecule has 4 aromatic carbocycles. The van der Waals surface area contributed by atoms with E-state index in [-0.39, 0.29) is 74.0 Å². The van der Waals surface area contributed by atoms with Crippen LogP contribution in [0.5, 0.6) is 34.5 Å². The zero-order chi connectivity index (χ0) is 49.9. The van der Waals surface area contributed by atoms with Crippen LogP contribution in [0.3, 0.4) is 0 Å². The maximum atomic E-state index is 16.3. The highest BCUT2D eigenvalue weighted by Gasteiger charge is 3.06. The van der Waals surface area contributed by atoms with Crippen molar-refractivity contribution in [1.82, 2.24) is 9.80 Å². The fraction of sp³-hybridized carbons (Fsp3) is 0.481. The third-order valence-electron chi connectivity index (χ3n) is 15.8. The molecule has 70 heavy (non-hydrogen) atoms. The van der Waals surface area contributed by atoms with Crippen molar-refractivity contribution in [1.29, 1.82) is 0 Å². The van der Waals surface area contributed by atoms with Crippen molar-refractivity contribution in [3.8, 4) is 34.5 Å². The molecule has 0 atom stereocenters. The van der Waals surface area contributed by atoms with E-state index in [1.165, 1.54) is 42.7 Å². The van der Waals surface area contributed by atoms with Gasteiger partial charge >= 0.3 is 23.9 Å². The van der Waals surface area contributed by atoms with Gasteiger partial charge in [0.25, 0.3) is 0 Å². The standard InChI is InChI=1S/C54H62N2O14/c1-11-67-47(57)51-41(33-25-35(61-5)39(65-9)36(26-33)62-6)52(48(58)68-12-2)45-54(50(60)70-14-4)42(34-27-37(63-7)40(66-10)38(28-34)64-8)53(49(59)69-13-3,43(51)55(45)29-31-21-17-15-18-22-31)44(51)56(46(52)54)30-32-23-19-16-20-24-32/h15-28,41-46H,11-14,29-30H2,1-10H3. The van der Waals surface area contributed by atoms with Gasteiger partial charge in [-0.1, -0.05) is 60.7 Å². The number of ether oxygens (including phenoxy) is 10. The van der Waals surface area contributed by atoms with Gasteiger partial charge < -0.3 is 47.4 Å². The monoisotopic (exact) mass is 962 g/mol. The predicted molar refractivity (Wildman–Crippen MR) is 253 cm³/mol. The van der Waals surface area contributed by atoms with Crippen LogP contribution in [0.4, 0.5) is 0 Å². The normalized spacial score (nSPS) is 29.7. The number of carbonyl (C=O) groups is 4. The number of methoxy groups -OCH3 is 6. The highest BCUT2D eigenvalue weighted by atomic mass is 16.6. The van der Waals surface area contributed by atoms with Crippen molar-refractivity contribution < 1.29 is 66.5 Å². The molecule has 0 unspecified atom stereocenters. The Morgan fingerprint density at radius 3 is 0.886 bits per heavy atom. The summed E-state index contributed by atoms with van der Waals surface area (Å²) in [5.41, 5.74) is -4.65. The van der Waals surface area contributed by atoms with Crippen LogP contribution in [0, 0.1) is 21.7 Å². The van der Waals surface area contributed by atoms with Gasteiger partial charge in [-0.15, -0.1) is 0 Å². The molecule has 2 saturated carbocycles. The second kappa shape index (κ2) is 18.3. The van der Waals surface area contributed by atoms with Crippen LogP contribution in [0.1, 0.15) is 61.8 Å². The lowest BCUT2D eigenvalue weighted by molar-refractivity contribution is -0.449. The number of carbonyl (C=O) groups excluding carboxylic acids is 4. The van der Waals surface area contributed by atoms with E-state index in [4.69, 9.17) is 47.4 Å². The fourth-order valence-corrected chi connectivity index (χ4v) is 14.5. The van der Waals surface area contributed by atoms with Gasteiger partial charge in [0, 0.05) is 49.1 Å². The fourth-order valence-electron chi connectivity index (χ4n) is 14.5. The molecule has 372 valence electrons. The van der Waals surface area contributed by atoms with Gasteiger partial charge in [-0.25, -0.2) is 0 Å². The van der Waals surface area contributed by atoms with Crippen molar-refractivity contribution in [2.24, 2.45) is 21.7 Å². The summed E-state index contributed by atoms with van der Waals surface area (Å²) in [7, 11) is 8.95. The van der Waals surface area contributed by atoms with Gasteiger partial charge in [-0.2, -0.15) is 0 Å². The first-order valence-electron chi connectivity index (χ1n) is 23.8. The molecule has 16 heteroatoms. The second-order valence-corrected chi connectivity index (χ2v) is 18.3. The van der Waals surface area contributed by atoms with Gasteiger partial charge in [-0.05, 0) is 74.2 Å². The van der Waals surface area contributed by atoms with Gasteiger partial charge in [0.15, 0.2) is 23.0 Å². The molecule has 8 bridgehead atoms. The summed E-state index contributed by atoms with van der Waals surface area (Å²) in [6.07, 6.45) is 0. The van der Waals surface area contributed by atoms with Crippen LogP contribution in [-0.4, -0.2) is 127 Å². The largest absolute Gasteiger partial charge is 0.493 e. The van der Waals surface area contributed by atoms with Crippen molar-refractivity contribution in [2.75, 3.05) is 69.1 Å². The van der Waals surface area contributed by atoms with Gasteiger partial charge in [0.05, 0.1) is 69.1 Å². The highest BCUT2D eigenvalue weighted by molar-refractivity contribution is 6.03. The Bertz CT molecular complexity index is 2330. The summed E-state index contributed by atoms with van der Waals surface area (Å²) in [5, 5.41) is 0. The molecule has 0 amide bonds. The Balaban J connectivity index is 1.53. The second-order valence-electron chi connectivity index (χ2n) is 18.3. The van der Waals surface area contributed by atoms with E-state index < -0.39 is 81.5 Å². The molecule has 4 aromatic rings. The number of benzene rings is 4. The van der Waals surface area contributed by atoms with Crippen molar-refractivity contribution in [3.63, 3.8) is 0 Å². The first-order valence-corrected chi connectivity index (χ1v) is 23.8. The number of hydrogen-bond acceptors (Lipinski definition) is 16. The number of rotatable bonds is 20. The van der Waals surface area contributed by atoms with E-state index in [2.05, 4.69) is 0 Å². The third kappa shape index (κ3) is 6.01. The summed E-state index contributed by atoms with van der Waals surface area (Å²) >= 11 is 0. The van der Waals surface area contributed by atoms with Crippen LogP contribution in [-0.2, 0) is 51.2 Å². The molecule has 0 N–H and O–H groups in total. The molecule has 4 aliphatic heterocycles. The lowest BCUT2D eigenvalue weighted by Gasteiger charge is -2.95. The van der Waals surface area contributed by atoms with Crippen LogP contribution in [0.25, 0.3) is 0 Å². The molecule has 4 heterocycles. The van der Waals surface area contributed by atoms with Crippen LogP contribution < -0.4 is 28.4 Å². The number of hydrogen-bond donors (Lipinski definition) is 0. The van der Waals surface area contributed by atoms with Crippen molar-refractivity contribution >= 4 is 23.9 Å². The first-order chi connectivity index (χ1) is 33.9. The van der Waals surface area contributed by atoms with E-state index in [0.29, 0.717) is 11.1 Å². The zero-order valence-corrected chi connectivity index (χ0v) is 41.4. The third-order valence-corrected chi connectivity index (χ3v) is 15.8. The summed E-state index contributed by atoms with van der Waals surface area (Å²) < 4.78 is 61.2. The minimum Gasteiger partial charge on any atom is -0.493 e. The molecule has 6 fully saturated rings. The molecule has 0 spiro atoms. The maximum Gasteiger partial charge on any atom is 0.316 e. The van der Waals surface area contributed by atoms with Crippen LogP contribution in [0.2, 0.25) is 0 Å². The summed E-state index contributed by atoms with van der Waals surface area (Å²) in [5.74, 6) is -3.22. The molecule has 0 radical (unpaired) electrons. The molecule has 16 nitrogen and oxygen atoms in total. The lowest BCUT2D eigenvalue weighted by Crippen LogP contribution is -3.09. The minimum absolute atomic E-state index is 0.0336. The topological polar surface area (TPSA) is 167 Å². The Kier molecular flexibility index (Phi) is 12.7. The van der Waals surface area contributed by atoms with E-state index in [1.54, 1.807) is 52.0 Å². The first kappa shape index (κ1) is 48.5. The Labute approximate surface area is 408 Å². The lowest BCUT2D eigenvalue weighted by atomic mass is 9.15. The Hall–Kier alpha value is -6.52. The molecule has 6 aliphatic rings. The summed E-state index contributed by atoms with van der Waals surface area (Å²) in [6.45, 7) is 6.99. The molecular weight excluding hydrogens is 901 g/mol. The maximum absolute atomic E-state index is 16.3. The molecule has 0 aromatic heterocycles. The van der Waals surface area contributed by atoms with E-state index in [0.717, 1.165) is 11.1 Å². The zero-order valence-electron chi connectivity index (χ0n) is 41.4. The minimum atomic E-state index is -1.79. The summed E-state index contributed by atoms with van der Waals surface area (Å²) in [4.78, 5) is 69.5. The Morgan fingerprint density at radius 1 is 0.414 bits per heavy atom. The predicted octanol–water partition coefficient (Wildman–Crippen LogP) is 6.35. The quantitative estimate of drug-likeness (QED) is 0.0710. The molecule has 4 saturated heterocycles. The number of esters is 4. The van der Waals surface area contributed by atoms with Gasteiger partial charge in [0.1, 0.15) is 21.7 Å². The SMILES string of the molecule is CCOC(=O)C12C(c3cc(OC)c(OC)c(OC)c3)C3(C(=O)OCC)C4N(Cc5ccccc5)C1C1(C(=O)OCC)C(c5cc(OC)c(OC)c(OC)c5)C4(C(=O)OCC)C3N(Cc3ccccc3)C21. The average molecular weight is 963 g/mol. The molecule has 2 aliphatic carbocycles. The Morgan fingerprint density at radius 2 is 0.671 bits per heavy atom. The van der Waals surface area contributed by atoms with Crippen LogP contribution >= 0.6 is 0 Å². The average Bonchev–Trinajstić information content (AvgIpc) is 3.35. The van der Waals surface area contributed by atoms with Crippen molar-refractivity contribution in [2.45, 2.75) is 76.8 Å². The van der Waals surface area contributed by atoms with E-state index >= 15 is 19.2 Å². The van der Waals surface area contributed by atoms with E-state index in [1.807, 2.05) is 70.5 Å². The summed E-state index contributed by atoms with van der Waals surface area (Å²) in [6, 6.07) is 21.6. The number of piperidine rings is 4. The number of nitrogens with zero attached hydrogens (tertiary/aromatic N) is 2. The molecule has 10 rings (SSSR count). The van der Waals surface area contributed by atoms with Gasteiger partial charge in [-0.3, -0.25) is 29.0 Å². The van der Waals surface area contributed by atoms with Crippen LogP contribution in [0.15, 0.2) is 84.9 Å². The highest BCUT2D eigenvalue weighted by Crippen LogP contribution is 2.93.